The van der Waals surface area contributed by atoms with E-state index in [4.69, 9.17) is 4.74 Å². The van der Waals surface area contributed by atoms with Crippen LogP contribution in [0.1, 0.15) is 26.5 Å². The van der Waals surface area contributed by atoms with Crippen LogP contribution in [0.2, 0.25) is 0 Å². The van der Waals surface area contributed by atoms with Crippen LogP contribution in [0.5, 0.6) is 0 Å². The summed E-state index contributed by atoms with van der Waals surface area (Å²) in [5.74, 6) is 0. The second-order valence-electron chi connectivity index (χ2n) is 7.32. The van der Waals surface area contributed by atoms with E-state index in [1.54, 1.807) is 0 Å². The normalized spacial score (nSPS) is 17.2. The highest BCUT2D eigenvalue weighted by Gasteiger charge is 2.45. The first-order chi connectivity index (χ1) is 10.7. The van der Waals surface area contributed by atoms with E-state index in [9.17, 15) is 9.90 Å². The van der Waals surface area contributed by atoms with Crippen LogP contribution in [0.4, 0.5) is 4.79 Å². The Hall–Kier alpha value is -2.08. The molecule has 0 unspecified atom stereocenters. The number of aliphatic hydroxyl groups is 1. The molecule has 1 N–H and O–H groups in total. The zero-order valence-corrected chi connectivity index (χ0v) is 14.0. The summed E-state index contributed by atoms with van der Waals surface area (Å²) < 4.78 is 7.13. The fourth-order valence-electron chi connectivity index (χ4n) is 2.96. The summed E-state index contributed by atoms with van der Waals surface area (Å²) in [6.45, 7) is 6.03. The summed E-state index contributed by atoms with van der Waals surface area (Å²) in [7, 11) is 1.89. The van der Waals surface area contributed by atoms with Crippen LogP contribution in [0.25, 0.3) is 10.9 Å². The van der Waals surface area contributed by atoms with Gasteiger partial charge in [-0.05, 0) is 26.8 Å². The van der Waals surface area contributed by atoms with Gasteiger partial charge in [-0.2, -0.15) is 5.10 Å². The topological polar surface area (TPSA) is 67.6 Å². The molecule has 0 aliphatic carbocycles. The second kappa shape index (κ2) is 5.23. The summed E-state index contributed by atoms with van der Waals surface area (Å²) in [4.78, 5) is 13.5. The number of aryl methyl sites for hydroxylation is 1. The number of fused-ring (bicyclic) bond motifs is 1. The lowest BCUT2D eigenvalue weighted by atomic mass is 9.88. The molecule has 1 aliphatic rings. The van der Waals surface area contributed by atoms with E-state index in [1.807, 2.05) is 56.8 Å². The average Bonchev–Trinajstić information content (AvgIpc) is 2.71. The molecule has 3 rings (SSSR count). The van der Waals surface area contributed by atoms with Gasteiger partial charge < -0.3 is 14.7 Å². The lowest BCUT2D eigenvalue weighted by molar-refractivity contribution is -0.0977. The standard InChI is InChI=1S/C17H23N3O3/c1-16(2,3)23-15(21)20-10-17(22,11-20)9-13-12-7-5-6-8-14(12)19(4)18-13/h5-8,22H,9-11H2,1-4H3. The highest BCUT2D eigenvalue weighted by atomic mass is 16.6. The summed E-state index contributed by atoms with van der Waals surface area (Å²) in [5, 5.41) is 16.2. The lowest BCUT2D eigenvalue weighted by Gasteiger charge is -2.46. The maximum atomic E-state index is 12.0. The summed E-state index contributed by atoms with van der Waals surface area (Å²) >= 11 is 0. The van der Waals surface area contributed by atoms with E-state index in [1.165, 1.54) is 4.90 Å². The summed E-state index contributed by atoms with van der Waals surface area (Å²) in [6.07, 6.45) is 0.0428. The van der Waals surface area contributed by atoms with E-state index in [-0.39, 0.29) is 19.2 Å². The van der Waals surface area contributed by atoms with Gasteiger partial charge in [-0.25, -0.2) is 4.79 Å². The molecule has 0 radical (unpaired) electrons. The van der Waals surface area contributed by atoms with Crippen molar-refractivity contribution < 1.29 is 14.6 Å². The van der Waals surface area contributed by atoms with E-state index in [0.717, 1.165) is 16.6 Å². The molecule has 2 aromatic rings. The number of hydrogen-bond donors (Lipinski definition) is 1. The number of para-hydroxylation sites is 1. The van der Waals surface area contributed by atoms with Gasteiger partial charge in [0.2, 0.25) is 0 Å². The molecule has 1 fully saturated rings. The highest BCUT2D eigenvalue weighted by Crippen LogP contribution is 2.29. The number of carbonyl (C=O) groups excluding carboxylic acids is 1. The number of β-amino-alcohol motifs (C(OH)–C–C–N with tert-alkyl or cyclic N) is 1. The number of aromatic nitrogens is 2. The minimum absolute atomic E-state index is 0.271. The predicted molar refractivity (Wildman–Crippen MR) is 87.2 cm³/mol. The molecule has 0 saturated carbocycles. The molecule has 124 valence electrons. The van der Waals surface area contributed by atoms with Crippen molar-refractivity contribution in [3.63, 3.8) is 0 Å². The predicted octanol–water partition coefficient (Wildman–Crippen LogP) is 2.10. The van der Waals surface area contributed by atoms with Gasteiger partial charge in [0, 0.05) is 18.9 Å². The summed E-state index contributed by atoms with van der Waals surface area (Å²) in [6, 6.07) is 7.94. The Morgan fingerprint density at radius 3 is 2.65 bits per heavy atom. The van der Waals surface area contributed by atoms with Gasteiger partial charge in [-0.15, -0.1) is 0 Å². The molecule has 1 saturated heterocycles. The molecule has 0 spiro atoms. The van der Waals surface area contributed by atoms with Crippen molar-refractivity contribution in [3.05, 3.63) is 30.0 Å². The van der Waals surface area contributed by atoms with E-state index >= 15 is 0 Å². The van der Waals surface area contributed by atoms with Crippen LogP contribution >= 0.6 is 0 Å². The fourth-order valence-corrected chi connectivity index (χ4v) is 2.96. The fraction of sp³-hybridized carbons (Fsp3) is 0.529. The Morgan fingerprint density at radius 1 is 1.35 bits per heavy atom. The molecule has 1 aromatic heterocycles. The maximum absolute atomic E-state index is 12.0. The first-order valence-corrected chi connectivity index (χ1v) is 7.78. The first-order valence-electron chi connectivity index (χ1n) is 7.78. The highest BCUT2D eigenvalue weighted by molar-refractivity contribution is 5.82. The maximum Gasteiger partial charge on any atom is 0.410 e. The van der Waals surface area contributed by atoms with Gasteiger partial charge in [0.15, 0.2) is 0 Å². The molecule has 0 bridgehead atoms. The van der Waals surface area contributed by atoms with Gasteiger partial charge in [0.05, 0.1) is 24.3 Å². The molecule has 0 atom stereocenters. The Morgan fingerprint density at radius 2 is 2.00 bits per heavy atom. The second-order valence-corrected chi connectivity index (χ2v) is 7.32. The summed E-state index contributed by atoms with van der Waals surface area (Å²) in [5.41, 5.74) is 0.430. The minimum Gasteiger partial charge on any atom is -0.444 e. The number of hydrogen-bond acceptors (Lipinski definition) is 4. The molecule has 2 heterocycles. The largest absolute Gasteiger partial charge is 0.444 e. The molecule has 1 amide bonds. The third-order valence-electron chi connectivity index (χ3n) is 3.95. The smallest absolute Gasteiger partial charge is 0.410 e. The van der Waals surface area contributed by atoms with Gasteiger partial charge in [-0.1, -0.05) is 18.2 Å². The van der Waals surface area contributed by atoms with Crippen molar-refractivity contribution in [3.8, 4) is 0 Å². The van der Waals surface area contributed by atoms with Gasteiger partial charge in [0.1, 0.15) is 11.2 Å². The van der Waals surface area contributed by atoms with Crippen molar-refractivity contribution in [1.29, 1.82) is 0 Å². The SMILES string of the molecule is Cn1nc(CC2(O)CN(C(=O)OC(C)(C)C)C2)c2ccccc21. The molecule has 1 aromatic carbocycles. The van der Waals surface area contributed by atoms with Crippen molar-refractivity contribution in [2.75, 3.05) is 13.1 Å². The molecular formula is C17H23N3O3. The Kier molecular flexibility index (Phi) is 3.59. The minimum atomic E-state index is -0.936. The number of carbonyl (C=O) groups is 1. The Bertz CT molecular complexity index is 739. The van der Waals surface area contributed by atoms with Crippen molar-refractivity contribution in [2.45, 2.75) is 38.4 Å². The number of likely N-dealkylation sites (tertiary alicyclic amines) is 1. The van der Waals surface area contributed by atoms with Crippen LogP contribution < -0.4 is 0 Å². The van der Waals surface area contributed by atoms with Gasteiger partial charge in [0.25, 0.3) is 0 Å². The van der Waals surface area contributed by atoms with Gasteiger partial charge in [-0.3, -0.25) is 4.68 Å². The van der Waals surface area contributed by atoms with Crippen LogP contribution in [0.15, 0.2) is 24.3 Å². The van der Waals surface area contributed by atoms with Crippen LogP contribution in [0.3, 0.4) is 0 Å². The van der Waals surface area contributed by atoms with Gasteiger partial charge >= 0.3 is 6.09 Å². The molecule has 1 aliphatic heterocycles. The monoisotopic (exact) mass is 317 g/mol. The van der Waals surface area contributed by atoms with Crippen LogP contribution in [-0.2, 0) is 18.2 Å². The average molecular weight is 317 g/mol. The third kappa shape index (κ3) is 3.17. The molecule has 6 heteroatoms. The Labute approximate surface area is 135 Å². The van der Waals surface area contributed by atoms with E-state index < -0.39 is 11.2 Å². The van der Waals surface area contributed by atoms with Crippen LogP contribution in [0, 0.1) is 0 Å². The number of amides is 1. The van der Waals surface area contributed by atoms with Crippen LogP contribution in [-0.4, -0.2) is 50.2 Å². The molecule has 23 heavy (non-hydrogen) atoms. The van der Waals surface area contributed by atoms with Crippen molar-refractivity contribution >= 4 is 17.0 Å². The third-order valence-corrected chi connectivity index (χ3v) is 3.95. The van der Waals surface area contributed by atoms with Crippen molar-refractivity contribution in [2.24, 2.45) is 7.05 Å². The molecular weight excluding hydrogens is 294 g/mol. The lowest BCUT2D eigenvalue weighted by Crippen LogP contribution is -2.65. The number of rotatable bonds is 2. The van der Waals surface area contributed by atoms with E-state index in [0.29, 0.717) is 6.42 Å². The van der Waals surface area contributed by atoms with E-state index in [2.05, 4.69) is 5.10 Å². The number of nitrogens with zero attached hydrogens (tertiary/aromatic N) is 3. The zero-order chi connectivity index (χ0) is 16.8. The first kappa shape index (κ1) is 15.8. The number of benzene rings is 1. The number of ether oxygens (including phenoxy) is 1. The van der Waals surface area contributed by atoms with Crippen molar-refractivity contribution in [1.82, 2.24) is 14.7 Å². The molecule has 6 nitrogen and oxygen atoms in total. The zero-order valence-electron chi connectivity index (χ0n) is 14.0. The Balaban J connectivity index is 1.69. The quantitative estimate of drug-likeness (QED) is 0.921.